The molecule has 0 aliphatic heterocycles. The van der Waals surface area contributed by atoms with Gasteiger partial charge < -0.3 is 5.73 Å². The van der Waals surface area contributed by atoms with Gasteiger partial charge in [0.05, 0.1) is 0 Å². The summed E-state index contributed by atoms with van der Waals surface area (Å²) in [7, 11) is 0. The van der Waals surface area contributed by atoms with E-state index in [9.17, 15) is 0 Å². The average Bonchev–Trinajstić information content (AvgIpc) is 2.32. The predicted octanol–water partition coefficient (Wildman–Crippen LogP) is 4.14. The van der Waals surface area contributed by atoms with E-state index in [1.54, 1.807) is 0 Å². The first kappa shape index (κ1) is 11.8. The van der Waals surface area contributed by atoms with E-state index in [4.69, 9.17) is 5.73 Å². The maximum atomic E-state index is 5.92. The fourth-order valence-electron chi connectivity index (χ4n) is 2.30. The van der Waals surface area contributed by atoms with E-state index in [0.29, 0.717) is 0 Å². The van der Waals surface area contributed by atoms with Crippen LogP contribution in [0.25, 0.3) is 0 Å². The van der Waals surface area contributed by atoms with E-state index in [1.807, 2.05) is 6.07 Å². The molecule has 0 spiro atoms. The Labute approximate surface area is 103 Å². The van der Waals surface area contributed by atoms with Gasteiger partial charge in [0.2, 0.25) is 0 Å². The van der Waals surface area contributed by atoms with Crippen molar-refractivity contribution in [2.75, 3.05) is 5.73 Å². The van der Waals surface area contributed by atoms with Crippen LogP contribution in [0.3, 0.4) is 0 Å². The van der Waals surface area contributed by atoms with Crippen LogP contribution in [0.2, 0.25) is 0 Å². The quantitative estimate of drug-likeness (QED) is 0.797. The van der Waals surface area contributed by atoms with Crippen molar-refractivity contribution in [2.24, 2.45) is 0 Å². The minimum atomic E-state index is 0.884. The molecule has 2 N–H and O–H groups in total. The molecule has 16 heavy (non-hydrogen) atoms. The third-order valence-corrected chi connectivity index (χ3v) is 4.94. The van der Waals surface area contributed by atoms with Crippen LogP contribution in [0.1, 0.15) is 43.2 Å². The standard InChI is InChI=1S/C14H21NS/c1-11-12(6-5-9-14(11)15)10-16-13-7-3-2-4-8-13/h5-6,9,13H,2-4,7-8,10,15H2,1H3. The summed E-state index contributed by atoms with van der Waals surface area (Å²) in [6, 6.07) is 6.27. The lowest BCUT2D eigenvalue weighted by Crippen LogP contribution is -2.08. The van der Waals surface area contributed by atoms with Gasteiger partial charge in [0, 0.05) is 16.7 Å². The summed E-state index contributed by atoms with van der Waals surface area (Å²) < 4.78 is 0. The molecule has 1 aromatic rings. The summed E-state index contributed by atoms with van der Waals surface area (Å²) in [5.41, 5.74) is 9.53. The first-order valence-corrected chi connectivity index (χ1v) is 7.28. The summed E-state index contributed by atoms with van der Waals surface area (Å²) in [6.45, 7) is 2.13. The zero-order valence-corrected chi connectivity index (χ0v) is 10.9. The van der Waals surface area contributed by atoms with E-state index < -0.39 is 0 Å². The monoisotopic (exact) mass is 235 g/mol. The van der Waals surface area contributed by atoms with E-state index in [-0.39, 0.29) is 0 Å². The Balaban J connectivity index is 1.91. The van der Waals surface area contributed by atoms with Crippen molar-refractivity contribution in [3.05, 3.63) is 29.3 Å². The summed E-state index contributed by atoms with van der Waals surface area (Å²) in [6.07, 6.45) is 7.10. The van der Waals surface area contributed by atoms with Crippen LogP contribution in [0.4, 0.5) is 5.69 Å². The number of nitrogen functional groups attached to an aromatic ring is 1. The van der Waals surface area contributed by atoms with Gasteiger partial charge in [0.1, 0.15) is 0 Å². The van der Waals surface area contributed by atoms with Gasteiger partial charge >= 0.3 is 0 Å². The van der Waals surface area contributed by atoms with E-state index >= 15 is 0 Å². The molecule has 88 valence electrons. The van der Waals surface area contributed by atoms with E-state index in [0.717, 1.165) is 16.7 Å². The van der Waals surface area contributed by atoms with Crippen LogP contribution >= 0.6 is 11.8 Å². The lowest BCUT2D eigenvalue weighted by molar-refractivity contribution is 0.516. The fraction of sp³-hybridized carbons (Fsp3) is 0.571. The van der Waals surface area contributed by atoms with Crippen LogP contribution in [0, 0.1) is 6.92 Å². The molecule has 2 heteroatoms. The molecule has 0 radical (unpaired) electrons. The molecule has 0 saturated heterocycles. The largest absolute Gasteiger partial charge is 0.399 e. The molecule has 0 amide bonds. The van der Waals surface area contributed by atoms with Crippen LogP contribution in [0.5, 0.6) is 0 Å². The van der Waals surface area contributed by atoms with E-state index in [2.05, 4.69) is 30.8 Å². The predicted molar refractivity (Wildman–Crippen MR) is 73.8 cm³/mol. The van der Waals surface area contributed by atoms with Gasteiger partial charge in [0.15, 0.2) is 0 Å². The van der Waals surface area contributed by atoms with Crippen molar-refractivity contribution in [3.63, 3.8) is 0 Å². The molecule has 1 nitrogen and oxygen atoms in total. The maximum absolute atomic E-state index is 5.92. The molecule has 0 unspecified atom stereocenters. The van der Waals surface area contributed by atoms with Gasteiger partial charge in [-0.05, 0) is 37.0 Å². The highest BCUT2D eigenvalue weighted by Gasteiger charge is 2.14. The smallest absolute Gasteiger partial charge is 0.0346 e. The van der Waals surface area contributed by atoms with Crippen molar-refractivity contribution in [2.45, 2.75) is 50.0 Å². The number of anilines is 1. The van der Waals surface area contributed by atoms with Crippen LogP contribution < -0.4 is 5.73 Å². The number of nitrogens with two attached hydrogens (primary N) is 1. The summed E-state index contributed by atoms with van der Waals surface area (Å²) in [5.74, 6) is 1.13. The van der Waals surface area contributed by atoms with E-state index in [1.165, 1.54) is 43.2 Å². The Kier molecular flexibility index (Phi) is 4.16. The Bertz CT molecular complexity index is 343. The lowest BCUT2D eigenvalue weighted by Gasteiger charge is -2.21. The molecular formula is C14H21NS. The topological polar surface area (TPSA) is 26.0 Å². The maximum Gasteiger partial charge on any atom is 0.0346 e. The minimum absolute atomic E-state index is 0.884. The molecule has 0 bridgehead atoms. The highest BCUT2D eigenvalue weighted by molar-refractivity contribution is 7.99. The zero-order chi connectivity index (χ0) is 11.4. The second-order valence-electron chi connectivity index (χ2n) is 4.70. The third-order valence-electron chi connectivity index (χ3n) is 3.51. The van der Waals surface area contributed by atoms with Gasteiger partial charge in [-0.2, -0.15) is 11.8 Å². The first-order valence-electron chi connectivity index (χ1n) is 6.23. The van der Waals surface area contributed by atoms with Crippen molar-refractivity contribution < 1.29 is 0 Å². The summed E-state index contributed by atoms with van der Waals surface area (Å²) in [4.78, 5) is 0. The van der Waals surface area contributed by atoms with Gasteiger partial charge in [-0.15, -0.1) is 0 Å². The highest BCUT2D eigenvalue weighted by Crippen LogP contribution is 2.31. The molecule has 0 atom stereocenters. The van der Waals surface area contributed by atoms with Gasteiger partial charge in [-0.3, -0.25) is 0 Å². The Morgan fingerprint density at radius 1 is 1.25 bits per heavy atom. The highest BCUT2D eigenvalue weighted by atomic mass is 32.2. The van der Waals surface area contributed by atoms with Crippen LogP contribution in [-0.2, 0) is 5.75 Å². The Morgan fingerprint density at radius 3 is 2.75 bits per heavy atom. The van der Waals surface area contributed by atoms with Crippen LogP contribution in [0.15, 0.2) is 18.2 Å². The molecule has 1 fully saturated rings. The first-order chi connectivity index (χ1) is 7.77. The molecule has 2 rings (SSSR count). The number of hydrogen-bond donors (Lipinski definition) is 1. The van der Waals surface area contributed by atoms with Crippen molar-refractivity contribution in [3.8, 4) is 0 Å². The second kappa shape index (κ2) is 5.62. The number of rotatable bonds is 3. The molecule has 1 aliphatic carbocycles. The Morgan fingerprint density at radius 2 is 2.00 bits per heavy atom. The van der Waals surface area contributed by atoms with Gasteiger partial charge in [-0.25, -0.2) is 0 Å². The SMILES string of the molecule is Cc1c(N)cccc1CSC1CCCCC1. The summed E-state index contributed by atoms with van der Waals surface area (Å²) >= 11 is 2.12. The zero-order valence-electron chi connectivity index (χ0n) is 10.0. The minimum Gasteiger partial charge on any atom is -0.399 e. The molecule has 1 saturated carbocycles. The molecule has 0 heterocycles. The fourth-order valence-corrected chi connectivity index (χ4v) is 3.69. The van der Waals surface area contributed by atoms with Crippen molar-refractivity contribution in [1.29, 1.82) is 0 Å². The average molecular weight is 235 g/mol. The number of thioether (sulfide) groups is 1. The number of benzene rings is 1. The van der Waals surface area contributed by atoms with Gasteiger partial charge in [0.25, 0.3) is 0 Å². The second-order valence-corrected chi connectivity index (χ2v) is 5.99. The van der Waals surface area contributed by atoms with Crippen molar-refractivity contribution in [1.82, 2.24) is 0 Å². The molecule has 1 aromatic carbocycles. The molecule has 0 aromatic heterocycles. The Hall–Kier alpha value is -0.630. The third kappa shape index (κ3) is 2.94. The molecular weight excluding hydrogens is 214 g/mol. The molecule has 1 aliphatic rings. The number of hydrogen-bond acceptors (Lipinski definition) is 2. The lowest BCUT2D eigenvalue weighted by atomic mass is 10.0. The van der Waals surface area contributed by atoms with Crippen molar-refractivity contribution >= 4 is 17.4 Å². The van der Waals surface area contributed by atoms with Gasteiger partial charge in [-0.1, -0.05) is 31.4 Å². The normalized spacial score (nSPS) is 17.6. The van der Waals surface area contributed by atoms with Crippen LogP contribution in [-0.4, -0.2) is 5.25 Å². The summed E-state index contributed by atoms with van der Waals surface area (Å²) in [5, 5.41) is 0.884.